The Labute approximate surface area is 264 Å². The van der Waals surface area contributed by atoms with Gasteiger partial charge in [-0.15, -0.1) is 0 Å². The van der Waals surface area contributed by atoms with Gasteiger partial charge in [0.15, 0.2) is 0 Å². The Morgan fingerprint density at radius 2 is 1.26 bits per heavy atom. The van der Waals surface area contributed by atoms with Crippen LogP contribution in [-0.4, -0.2) is 85.3 Å². The van der Waals surface area contributed by atoms with Gasteiger partial charge in [0.05, 0.1) is 33.9 Å². The van der Waals surface area contributed by atoms with E-state index < -0.39 is 26.0 Å². The molecule has 0 aromatic rings. The van der Waals surface area contributed by atoms with Crippen LogP contribution in [0, 0.1) is 5.92 Å². The number of aliphatic hydroxyl groups excluding tert-OH is 1. The number of nitrogens with zero attached hydrogens (tertiary/aromatic N) is 1. The molecular formula is C33H69NO8P+. The van der Waals surface area contributed by atoms with Crippen molar-refractivity contribution in [2.45, 2.75) is 154 Å². The molecule has 4 atom stereocenters. The molecule has 10 heteroatoms. The van der Waals surface area contributed by atoms with Gasteiger partial charge in [-0.3, -0.25) is 13.8 Å². The smallest absolute Gasteiger partial charge is 0.472 e. The highest BCUT2D eigenvalue weighted by Gasteiger charge is 2.28. The number of hydrogen-bond acceptors (Lipinski definition) is 6. The molecule has 9 nitrogen and oxygen atoms in total. The standard InChI is InChI=1S/C33H68NO8P/c1-6-7-8-17-22-30(2)23-18-15-13-11-9-10-12-14-16-19-24-31(35)32(40-27-21-20-25-33(36)37)29-42-43(38,39)41-28-26-34(3,4)5/h30-32,35H,6-29H2,1-5H3,(H-,36,37,38,39)/p+1/t30?,31?,32-/m0/s1. The van der Waals surface area contributed by atoms with E-state index in [0.717, 1.165) is 25.2 Å². The Balaban J connectivity index is 4.15. The van der Waals surface area contributed by atoms with E-state index in [0.29, 0.717) is 30.3 Å². The third-order valence-electron chi connectivity index (χ3n) is 7.96. The minimum Gasteiger partial charge on any atom is -0.481 e. The molecule has 3 unspecified atom stereocenters. The number of phosphoric ester groups is 1. The Hall–Kier alpha value is -0.540. The van der Waals surface area contributed by atoms with E-state index in [1.807, 2.05) is 21.1 Å². The lowest BCUT2D eigenvalue weighted by atomic mass is 9.96. The van der Waals surface area contributed by atoms with E-state index in [4.69, 9.17) is 18.9 Å². The summed E-state index contributed by atoms with van der Waals surface area (Å²) in [7, 11) is 1.59. The number of quaternary nitrogens is 1. The predicted molar refractivity (Wildman–Crippen MR) is 175 cm³/mol. The fraction of sp³-hybridized carbons (Fsp3) is 0.970. The fourth-order valence-electron chi connectivity index (χ4n) is 5.03. The molecule has 0 saturated heterocycles. The minimum atomic E-state index is -4.28. The van der Waals surface area contributed by atoms with Crippen molar-refractivity contribution >= 4 is 13.8 Å². The van der Waals surface area contributed by atoms with Crippen LogP contribution in [0.3, 0.4) is 0 Å². The van der Waals surface area contributed by atoms with E-state index in [1.54, 1.807) is 0 Å². The van der Waals surface area contributed by atoms with Gasteiger partial charge in [0.25, 0.3) is 0 Å². The first-order chi connectivity index (χ1) is 20.4. The maximum atomic E-state index is 12.3. The van der Waals surface area contributed by atoms with Crippen molar-refractivity contribution in [3.63, 3.8) is 0 Å². The fourth-order valence-corrected chi connectivity index (χ4v) is 5.75. The largest absolute Gasteiger partial charge is 0.481 e. The molecule has 258 valence electrons. The third kappa shape index (κ3) is 29.9. The van der Waals surface area contributed by atoms with Crippen LogP contribution in [0.25, 0.3) is 0 Å². The summed E-state index contributed by atoms with van der Waals surface area (Å²) in [6.45, 7) is 5.27. The lowest BCUT2D eigenvalue weighted by Gasteiger charge is -2.26. The molecular weight excluding hydrogens is 569 g/mol. The summed E-state index contributed by atoms with van der Waals surface area (Å²) < 4.78 is 28.9. The van der Waals surface area contributed by atoms with Crippen molar-refractivity contribution < 1.29 is 42.7 Å². The van der Waals surface area contributed by atoms with Gasteiger partial charge in [0.1, 0.15) is 19.3 Å². The van der Waals surface area contributed by atoms with Crippen molar-refractivity contribution in [3.05, 3.63) is 0 Å². The Bertz CT molecular complexity index is 703. The molecule has 0 aliphatic rings. The molecule has 43 heavy (non-hydrogen) atoms. The number of carbonyl (C=O) groups is 1. The highest BCUT2D eigenvalue weighted by molar-refractivity contribution is 7.47. The van der Waals surface area contributed by atoms with Gasteiger partial charge in [-0.25, -0.2) is 4.57 Å². The van der Waals surface area contributed by atoms with Crippen molar-refractivity contribution in [2.75, 3.05) is 47.5 Å². The second-order valence-corrected chi connectivity index (χ2v) is 15.0. The summed E-state index contributed by atoms with van der Waals surface area (Å²) >= 11 is 0. The number of ether oxygens (including phenoxy) is 1. The number of aliphatic hydroxyl groups is 1. The molecule has 0 amide bonds. The first-order valence-corrected chi connectivity index (χ1v) is 18.8. The second-order valence-electron chi connectivity index (χ2n) is 13.5. The second kappa shape index (κ2) is 26.7. The number of hydrogen-bond donors (Lipinski definition) is 3. The first-order valence-electron chi connectivity index (χ1n) is 17.3. The highest BCUT2D eigenvalue weighted by atomic mass is 31.2. The number of carboxylic acids is 1. The minimum absolute atomic E-state index is 0.0532. The maximum Gasteiger partial charge on any atom is 0.472 e. The molecule has 0 radical (unpaired) electrons. The molecule has 0 aromatic heterocycles. The van der Waals surface area contributed by atoms with Gasteiger partial charge in [0.2, 0.25) is 0 Å². The number of rotatable bonds is 32. The zero-order valence-electron chi connectivity index (χ0n) is 28.5. The van der Waals surface area contributed by atoms with Crippen molar-refractivity contribution in [1.82, 2.24) is 0 Å². The molecule has 0 aliphatic carbocycles. The van der Waals surface area contributed by atoms with Gasteiger partial charge in [-0.05, 0) is 25.2 Å². The molecule has 0 aromatic carbocycles. The normalized spacial score (nSPS) is 15.7. The molecule has 0 saturated carbocycles. The number of carboxylic acid groups (broad SMARTS) is 1. The summed E-state index contributed by atoms with van der Waals surface area (Å²) in [5.74, 6) is 0.0161. The first kappa shape index (κ1) is 42.5. The van der Waals surface area contributed by atoms with Crippen LogP contribution < -0.4 is 0 Å². The quantitative estimate of drug-likeness (QED) is 0.0384. The predicted octanol–water partition coefficient (Wildman–Crippen LogP) is 8.11. The summed E-state index contributed by atoms with van der Waals surface area (Å²) in [5.41, 5.74) is 0. The summed E-state index contributed by atoms with van der Waals surface area (Å²) in [6.07, 6.45) is 20.3. The van der Waals surface area contributed by atoms with Crippen LogP contribution >= 0.6 is 7.82 Å². The lowest BCUT2D eigenvalue weighted by Crippen LogP contribution is -2.37. The third-order valence-corrected chi connectivity index (χ3v) is 8.95. The number of likely N-dealkylation sites (N-methyl/N-ethyl adjacent to an activating group) is 1. The van der Waals surface area contributed by atoms with Gasteiger partial charge >= 0.3 is 13.8 Å². The average molecular weight is 639 g/mol. The van der Waals surface area contributed by atoms with Crippen LogP contribution in [0.4, 0.5) is 0 Å². The molecule has 0 fully saturated rings. The SMILES string of the molecule is CCCCCCC(C)CCCCCCCCCCCCC(O)[C@H](COP(=O)(O)OCC[N+](C)(C)C)OCCCCC(=O)O. The van der Waals surface area contributed by atoms with E-state index in [2.05, 4.69) is 13.8 Å². The summed E-state index contributed by atoms with van der Waals surface area (Å²) in [5, 5.41) is 19.6. The molecule has 0 aliphatic heterocycles. The monoisotopic (exact) mass is 638 g/mol. The zero-order chi connectivity index (χ0) is 32.4. The van der Waals surface area contributed by atoms with Crippen molar-refractivity contribution in [2.24, 2.45) is 5.92 Å². The zero-order valence-corrected chi connectivity index (χ0v) is 29.4. The summed E-state index contributed by atoms with van der Waals surface area (Å²) in [4.78, 5) is 20.8. The topological polar surface area (TPSA) is 123 Å². The van der Waals surface area contributed by atoms with Crippen LogP contribution in [0.2, 0.25) is 0 Å². The van der Waals surface area contributed by atoms with E-state index in [9.17, 15) is 19.4 Å². The molecule has 0 heterocycles. The van der Waals surface area contributed by atoms with Gasteiger partial charge in [-0.1, -0.05) is 117 Å². The number of aliphatic carboxylic acids is 1. The van der Waals surface area contributed by atoms with Crippen molar-refractivity contribution in [1.29, 1.82) is 0 Å². The average Bonchev–Trinajstić information content (AvgIpc) is 2.92. The van der Waals surface area contributed by atoms with Crippen LogP contribution in [0.5, 0.6) is 0 Å². The van der Waals surface area contributed by atoms with E-state index in [-0.39, 0.29) is 26.2 Å². The number of unbranched alkanes of at least 4 members (excludes halogenated alkanes) is 13. The molecule has 0 rings (SSSR count). The molecule has 3 N–H and O–H groups in total. The maximum absolute atomic E-state index is 12.3. The van der Waals surface area contributed by atoms with Crippen LogP contribution in [-0.2, 0) is 23.1 Å². The number of phosphoric acid groups is 1. The Morgan fingerprint density at radius 3 is 1.77 bits per heavy atom. The highest BCUT2D eigenvalue weighted by Crippen LogP contribution is 2.43. The van der Waals surface area contributed by atoms with Gasteiger partial charge < -0.3 is 24.3 Å². The Kier molecular flexibility index (Phi) is 26.3. The van der Waals surface area contributed by atoms with Crippen molar-refractivity contribution in [3.8, 4) is 0 Å². The van der Waals surface area contributed by atoms with Gasteiger partial charge in [0, 0.05) is 13.0 Å². The van der Waals surface area contributed by atoms with E-state index in [1.165, 1.54) is 83.5 Å². The Morgan fingerprint density at radius 1 is 0.744 bits per heavy atom. The van der Waals surface area contributed by atoms with Crippen LogP contribution in [0.15, 0.2) is 0 Å². The van der Waals surface area contributed by atoms with Gasteiger partial charge in [-0.2, -0.15) is 0 Å². The van der Waals surface area contributed by atoms with E-state index >= 15 is 0 Å². The summed E-state index contributed by atoms with van der Waals surface area (Å²) in [6, 6.07) is 0. The molecule has 0 bridgehead atoms. The lowest BCUT2D eigenvalue weighted by molar-refractivity contribution is -0.870. The molecule has 0 spiro atoms. The van der Waals surface area contributed by atoms with Crippen LogP contribution in [0.1, 0.15) is 142 Å².